The maximum absolute atomic E-state index is 12.6. The second-order valence-corrected chi connectivity index (χ2v) is 7.49. The quantitative estimate of drug-likeness (QED) is 0.856. The highest BCUT2D eigenvalue weighted by molar-refractivity contribution is 7.89. The lowest BCUT2D eigenvalue weighted by Crippen LogP contribution is -2.49. The van der Waals surface area contributed by atoms with Gasteiger partial charge in [-0.3, -0.25) is 4.79 Å². The molecule has 7 heteroatoms. The molecular weight excluding hydrogens is 316 g/mol. The molecule has 0 spiro atoms. The zero-order valence-corrected chi connectivity index (χ0v) is 14.6. The van der Waals surface area contributed by atoms with Crippen LogP contribution in [0, 0.1) is 0 Å². The molecule has 0 radical (unpaired) electrons. The number of carbonyl (C=O) groups excluding carboxylic acids is 1. The first-order valence-electron chi connectivity index (χ1n) is 7.86. The second kappa shape index (κ2) is 7.31. The fraction of sp³-hybridized carbons (Fsp3) is 0.562. The predicted octanol–water partition coefficient (Wildman–Crippen LogP) is 1.76. The standard InChI is InChI=1S/C16H24N2O4S/c1-4-15(16(19)18-11-5-6-12(18)2)17-23(20,21)14-9-7-13(22-3)8-10-14/h7-10,12,15,17H,4-6,11H2,1-3H3. The lowest BCUT2D eigenvalue weighted by atomic mass is 10.2. The third-order valence-electron chi connectivity index (χ3n) is 4.21. The number of benzene rings is 1. The van der Waals surface area contributed by atoms with E-state index in [1.54, 1.807) is 24.0 Å². The molecule has 23 heavy (non-hydrogen) atoms. The molecule has 1 fully saturated rings. The van der Waals surface area contributed by atoms with E-state index < -0.39 is 16.1 Å². The van der Waals surface area contributed by atoms with E-state index in [4.69, 9.17) is 4.74 Å². The molecule has 2 unspecified atom stereocenters. The summed E-state index contributed by atoms with van der Waals surface area (Å²) >= 11 is 0. The first kappa shape index (κ1) is 17.7. The molecule has 1 amide bonds. The van der Waals surface area contributed by atoms with Crippen molar-refractivity contribution in [2.45, 2.75) is 50.1 Å². The van der Waals surface area contributed by atoms with Crippen LogP contribution < -0.4 is 9.46 Å². The molecule has 1 aliphatic heterocycles. The van der Waals surface area contributed by atoms with Crippen molar-refractivity contribution in [3.8, 4) is 5.75 Å². The Kier molecular flexibility index (Phi) is 5.64. The van der Waals surface area contributed by atoms with Crippen LogP contribution in [0.1, 0.15) is 33.1 Å². The zero-order valence-electron chi connectivity index (χ0n) is 13.8. The molecular formula is C16H24N2O4S. The molecule has 1 saturated heterocycles. The summed E-state index contributed by atoms with van der Waals surface area (Å²) in [6.45, 7) is 4.50. The number of nitrogens with zero attached hydrogens (tertiary/aromatic N) is 1. The van der Waals surface area contributed by atoms with E-state index in [-0.39, 0.29) is 16.8 Å². The van der Waals surface area contributed by atoms with Gasteiger partial charge in [-0.15, -0.1) is 0 Å². The Labute approximate surface area is 137 Å². The number of carbonyl (C=O) groups is 1. The summed E-state index contributed by atoms with van der Waals surface area (Å²) in [4.78, 5) is 14.5. The molecule has 1 N–H and O–H groups in total. The minimum Gasteiger partial charge on any atom is -0.497 e. The van der Waals surface area contributed by atoms with Crippen molar-refractivity contribution in [2.24, 2.45) is 0 Å². The van der Waals surface area contributed by atoms with E-state index in [0.717, 1.165) is 12.8 Å². The number of hydrogen-bond acceptors (Lipinski definition) is 4. The molecule has 128 valence electrons. The van der Waals surface area contributed by atoms with Crippen LogP contribution in [0.2, 0.25) is 0 Å². The second-order valence-electron chi connectivity index (χ2n) is 5.78. The molecule has 1 aliphatic rings. The Morgan fingerprint density at radius 1 is 1.39 bits per heavy atom. The topological polar surface area (TPSA) is 75.7 Å². The Morgan fingerprint density at radius 2 is 2.04 bits per heavy atom. The highest BCUT2D eigenvalue weighted by Gasteiger charge is 2.32. The molecule has 0 bridgehead atoms. The summed E-state index contributed by atoms with van der Waals surface area (Å²) in [6.07, 6.45) is 2.35. The third kappa shape index (κ3) is 4.03. The van der Waals surface area contributed by atoms with Gasteiger partial charge < -0.3 is 9.64 Å². The fourth-order valence-electron chi connectivity index (χ4n) is 2.78. The van der Waals surface area contributed by atoms with Crippen LogP contribution in [0.4, 0.5) is 0 Å². The minimum absolute atomic E-state index is 0.124. The van der Waals surface area contributed by atoms with Crippen LogP contribution in [0.25, 0.3) is 0 Å². The lowest BCUT2D eigenvalue weighted by molar-refractivity contribution is -0.133. The van der Waals surface area contributed by atoms with Crippen molar-refractivity contribution in [2.75, 3.05) is 13.7 Å². The normalized spacial score (nSPS) is 19.6. The number of hydrogen-bond donors (Lipinski definition) is 1. The van der Waals surface area contributed by atoms with Crippen LogP contribution in [0.5, 0.6) is 5.75 Å². The van der Waals surface area contributed by atoms with Crippen molar-refractivity contribution in [3.05, 3.63) is 24.3 Å². The minimum atomic E-state index is -3.74. The van der Waals surface area contributed by atoms with Crippen molar-refractivity contribution in [3.63, 3.8) is 0 Å². The number of sulfonamides is 1. The first-order chi connectivity index (χ1) is 10.9. The Bertz CT molecular complexity index is 643. The third-order valence-corrected chi connectivity index (χ3v) is 5.70. The molecule has 1 aromatic rings. The van der Waals surface area contributed by atoms with Gasteiger partial charge in [-0.25, -0.2) is 8.42 Å². The van der Waals surface area contributed by atoms with Crippen molar-refractivity contribution in [1.29, 1.82) is 0 Å². The van der Waals surface area contributed by atoms with Crippen molar-refractivity contribution < 1.29 is 17.9 Å². The average Bonchev–Trinajstić information content (AvgIpc) is 2.98. The largest absolute Gasteiger partial charge is 0.497 e. The van der Waals surface area contributed by atoms with Crippen molar-refractivity contribution >= 4 is 15.9 Å². The summed E-state index contributed by atoms with van der Waals surface area (Å²) in [5, 5.41) is 0. The van der Waals surface area contributed by atoms with E-state index in [0.29, 0.717) is 18.7 Å². The first-order valence-corrected chi connectivity index (χ1v) is 9.34. The fourth-order valence-corrected chi connectivity index (χ4v) is 4.05. The van der Waals surface area contributed by atoms with E-state index in [2.05, 4.69) is 4.72 Å². The summed E-state index contributed by atoms with van der Waals surface area (Å²) in [6, 6.07) is 5.54. The summed E-state index contributed by atoms with van der Waals surface area (Å²) < 4.78 is 32.5. The highest BCUT2D eigenvalue weighted by atomic mass is 32.2. The number of amides is 1. The van der Waals surface area contributed by atoms with Gasteiger partial charge in [-0.1, -0.05) is 6.92 Å². The maximum atomic E-state index is 12.6. The number of methoxy groups -OCH3 is 1. The van der Waals surface area contributed by atoms with Crippen LogP contribution in [0.3, 0.4) is 0 Å². The zero-order chi connectivity index (χ0) is 17.0. The smallest absolute Gasteiger partial charge is 0.241 e. The molecule has 6 nitrogen and oxygen atoms in total. The van der Waals surface area contributed by atoms with Gasteiger partial charge in [0.25, 0.3) is 0 Å². The van der Waals surface area contributed by atoms with Gasteiger partial charge in [-0.2, -0.15) is 4.72 Å². The molecule has 2 atom stereocenters. The number of nitrogens with one attached hydrogen (secondary N) is 1. The Balaban J connectivity index is 2.14. The molecule has 1 heterocycles. The Hall–Kier alpha value is -1.60. The van der Waals surface area contributed by atoms with Crippen LogP contribution in [-0.4, -0.2) is 45.0 Å². The van der Waals surface area contributed by atoms with Crippen molar-refractivity contribution in [1.82, 2.24) is 9.62 Å². The molecule has 0 saturated carbocycles. The van der Waals surface area contributed by atoms with Gasteiger partial charge in [0.2, 0.25) is 15.9 Å². The SMILES string of the molecule is CCC(NS(=O)(=O)c1ccc(OC)cc1)C(=O)N1CCCC1C. The number of likely N-dealkylation sites (tertiary alicyclic amines) is 1. The van der Waals surface area contributed by atoms with Gasteiger partial charge in [0.1, 0.15) is 11.8 Å². The van der Waals surface area contributed by atoms with Crippen LogP contribution in [0.15, 0.2) is 29.2 Å². The predicted molar refractivity (Wildman–Crippen MR) is 87.8 cm³/mol. The number of ether oxygens (including phenoxy) is 1. The lowest BCUT2D eigenvalue weighted by Gasteiger charge is -2.26. The van der Waals surface area contributed by atoms with Gasteiger partial charge in [-0.05, 0) is 50.5 Å². The monoisotopic (exact) mass is 340 g/mol. The van der Waals surface area contributed by atoms with E-state index in [1.165, 1.54) is 19.2 Å². The summed E-state index contributed by atoms with van der Waals surface area (Å²) in [5.74, 6) is 0.438. The molecule has 1 aromatic carbocycles. The average molecular weight is 340 g/mol. The van der Waals surface area contributed by atoms with E-state index >= 15 is 0 Å². The molecule has 0 aromatic heterocycles. The highest BCUT2D eigenvalue weighted by Crippen LogP contribution is 2.20. The van der Waals surface area contributed by atoms with E-state index in [1.807, 2.05) is 6.92 Å². The maximum Gasteiger partial charge on any atom is 0.241 e. The summed E-state index contributed by atoms with van der Waals surface area (Å²) in [5.41, 5.74) is 0. The summed E-state index contributed by atoms with van der Waals surface area (Å²) in [7, 11) is -2.22. The van der Waals surface area contributed by atoms with Gasteiger partial charge >= 0.3 is 0 Å². The molecule has 0 aliphatic carbocycles. The van der Waals surface area contributed by atoms with Crippen LogP contribution in [-0.2, 0) is 14.8 Å². The van der Waals surface area contributed by atoms with Gasteiger partial charge in [0, 0.05) is 12.6 Å². The van der Waals surface area contributed by atoms with E-state index in [9.17, 15) is 13.2 Å². The van der Waals surface area contributed by atoms with Crippen LogP contribution >= 0.6 is 0 Å². The molecule has 2 rings (SSSR count). The number of rotatable bonds is 6. The van der Waals surface area contributed by atoms with Gasteiger partial charge in [0.05, 0.1) is 12.0 Å². The Morgan fingerprint density at radius 3 is 2.52 bits per heavy atom. The van der Waals surface area contributed by atoms with Gasteiger partial charge in [0.15, 0.2) is 0 Å².